The van der Waals surface area contributed by atoms with Crippen LogP contribution in [0.4, 0.5) is 5.69 Å². The van der Waals surface area contributed by atoms with Gasteiger partial charge in [-0.15, -0.1) is 24.0 Å². The van der Waals surface area contributed by atoms with Crippen LogP contribution in [0.25, 0.3) is 0 Å². The first kappa shape index (κ1) is 25.0. The minimum absolute atomic E-state index is 0. The Morgan fingerprint density at radius 3 is 2.50 bits per heavy atom. The van der Waals surface area contributed by atoms with Gasteiger partial charge in [-0.25, -0.2) is 4.99 Å². The Morgan fingerprint density at radius 2 is 1.96 bits per heavy atom. The molecule has 0 aromatic heterocycles. The van der Waals surface area contributed by atoms with Crippen molar-refractivity contribution in [1.82, 2.24) is 15.5 Å². The van der Waals surface area contributed by atoms with Gasteiger partial charge in [0.2, 0.25) is 0 Å². The fraction of sp³-hybridized carbons (Fsp3) is 0.632. The van der Waals surface area contributed by atoms with Crippen molar-refractivity contribution in [2.75, 3.05) is 31.6 Å². The van der Waals surface area contributed by atoms with E-state index in [9.17, 15) is 10.1 Å². The van der Waals surface area contributed by atoms with Crippen LogP contribution in [0.15, 0.2) is 29.3 Å². The van der Waals surface area contributed by atoms with Crippen molar-refractivity contribution < 1.29 is 4.92 Å². The first-order valence-corrected chi connectivity index (χ1v) is 10.9. The highest BCUT2D eigenvalue weighted by Crippen LogP contribution is 2.14. The first-order chi connectivity index (χ1) is 13.0. The number of nitrogens with one attached hydrogen (secondary N) is 2. The lowest BCUT2D eigenvalue weighted by molar-refractivity contribution is -0.384. The zero-order valence-corrected chi connectivity index (χ0v) is 20.0. The summed E-state index contributed by atoms with van der Waals surface area (Å²) < 4.78 is 0. The van der Waals surface area contributed by atoms with Gasteiger partial charge in [0.15, 0.2) is 5.96 Å². The zero-order valence-electron chi connectivity index (χ0n) is 16.9. The Hall–Kier alpha value is -1.07. The predicted octanol–water partition coefficient (Wildman–Crippen LogP) is 3.48. The van der Waals surface area contributed by atoms with E-state index in [-0.39, 0.29) is 34.6 Å². The van der Waals surface area contributed by atoms with Crippen LogP contribution in [0.1, 0.15) is 32.3 Å². The number of rotatable bonds is 8. The first-order valence-electron chi connectivity index (χ1n) is 9.50. The molecular formula is C19H32IN5O2S. The number of halogens is 1. The summed E-state index contributed by atoms with van der Waals surface area (Å²) in [4.78, 5) is 17.6. The van der Waals surface area contributed by atoms with E-state index in [0.717, 1.165) is 49.8 Å². The van der Waals surface area contributed by atoms with Gasteiger partial charge in [0.05, 0.1) is 11.5 Å². The maximum Gasteiger partial charge on any atom is 0.269 e. The summed E-state index contributed by atoms with van der Waals surface area (Å²) in [5.41, 5.74) is 1.07. The highest BCUT2D eigenvalue weighted by Gasteiger charge is 2.21. The lowest BCUT2D eigenvalue weighted by atomic mass is 10.0. The number of thioether (sulfide) groups is 1. The highest BCUT2D eigenvalue weighted by atomic mass is 127. The van der Waals surface area contributed by atoms with Crippen LogP contribution in [0.5, 0.6) is 0 Å². The second-order valence-corrected chi connectivity index (χ2v) is 8.04. The molecule has 1 aliphatic rings. The third-order valence-electron chi connectivity index (χ3n) is 4.77. The number of piperidine rings is 1. The molecule has 2 N–H and O–H groups in total. The summed E-state index contributed by atoms with van der Waals surface area (Å²) in [5, 5.41) is 17.7. The molecule has 0 amide bonds. The Bertz CT molecular complexity index is 619. The molecule has 0 radical (unpaired) electrons. The number of aliphatic imine (C=N–C) groups is 1. The van der Waals surface area contributed by atoms with Crippen molar-refractivity contribution in [3.05, 3.63) is 39.9 Å². The van der Waals surface area contributed by atoms with Gasteiger partial charge in [0.25, 0.3) is 5.69 Å². The molecule has 9 heteroatoms. The second kappa shape index (κ2) is 13.2. The average molecular weight is 521 g/mol. The van der Waals surface area contributed by atoms with Crippen LogP contribution in [-0.4, -0.2) is 59.5 Å². The minimum Gasteiger partial charge on any atom is -0.356 e. The van der Waals surface area contributed by atoms with Crippen LogP contribution in [0.3, 0.4) is 0 Å². The average Bonchev–Trinajstić information content (AvgIpc) is 2.67. The Kier molecular flexibility index (Phi) is 11.8. The molecule has 0 unspecified atom stereocenters. The summed E-state index contributed by atoms with van der Waals surface area (Å²) in [7, 11) is 0. The molecule has 7 nitrogen and oxygen atoms in total. The third kappa shape index (κ3) is 8.52. The number of nitro groups is 1. The van der Waals surface area contributed by atoms with Gasteiger partial charge >= 0.3 is 0 Å². The number of nitro benzene ring substituents is 1. The molecule has 28 heavy (non-hydrogen) atoms. The quantitative estimate of drug-likeness (QED) is 0.136. The van der Waals surface area contributed by atoms with Crippen LogP contribution >= 0.6 is 35.7 Å². The largest absolute Gasteiger partial charge is 0.356 e. The Labute approximate surface area is 189 Å². The summed E-state index contributed by atoms with van der Waals surface area (Å²) in [6.07, 6.45) is 4.31. The Balaban J connectivity index is 0.00000392. The van der Waals surface area contributed by atoms with Crippen molar-refractivity contribution in [3.8, 4) is 0 Å². The lowest BCUT2D eigenvalue weighted by Gasteiger charge is -2.35. The van der Waals surface area contributed by atoms with Gasteiger partial charge in [-0.1, -0.05) is 12.1 Å². The third-order valence-corrected chi connectivity index (χ3v) is 5.38. The second-order valence-electron chi connectivity index (χ2n) is 7.06. The predicted molar refractivity (Wildman–Crippen MR) is 129 cm³/mol. The molecule has 0 spiro atoms. The number of hydrogen-bond donors (Lipinski definition) is 2. The van der Waals surface area contributed by atoms with Crippen molar-refractivity contribution in [2.45, 2.75) is 45.3 Å². The number of hydrogen-bond acceptors (Lipinski definition) is 5. The molecule has 1 aromatic rings. The van der Waals surface area contributed by atoms with Gasteiger partial charge in [0, 0.05) is 49.6 Å². The van der Waals surface area contributed by atoms with E-state index in [1.165, 1.54) is 12.1 Å². The van der Waals surface area contributed by atoms with E-state index < -0.39 is 0 Å². The van der Waals surface area contributed by atoms with E-state index in [2.05, 4.69) is 35.6 Å². The number of benzene rings is 1. The smallest absolute Gasteiger partial charge is 0.269 e. The van der Waals surface area contributed by atoms with Crippen molar-refractivity contribution >= 4 is 47.4 Å². The Morgan fingerprint density at radius 1 is 1.32 bits per heavy atom. The van der Waals surface area contributed by atoms with Crippen molar-refractivity contribution in [2.24, 2.45) is 4.99 Å². The molecule has 0 aliphatic carbocycles. The number of non-ortho nitro benzene ring substituents is 1. The molecule has 158 valence electrons. The number of likely N-dealkylation sites (tertiary alicyclic amines) is 1. The molecule has 1 saturated heterocycles. The number of guanidine groups is 1. The standard InChI is InChI=1S/C19H31N5O2S.HI/c1-15(2)23-11-8-17(9-12-23)22-19(20-10-13-27-3)21-14-16-4-6-18(7-5-16)24(25)26;/h4-7,15,17H,8-14H2,1-3H3,(H2,20,21,22);1H. The maximum absolute atomic E-state index is 10.8. The van der Waals surface area contributed by atoms with Gasteiger partial charge < -0.3 is 15.5 Å². The van der Waals surface area contributed by atoms with Gasteiger partial charge in [0.1, 0.15) is 0 Å². The monoisotopic (exact) mass is 521 g/mol. The molecule has 1 aliphatic heterocycles. The van der Waals surface area contributed by atoms with Gasteiger partial charge in [-0.05, 0) is 38.5 Å². The van der Waals surface area contributed by atoms with Crippen LogP contribution in [0.2, 0.25) is 0 Å². The topological polar surface area (TPSA) is 82.8 Å². The van der Waals surface area contributed by atoms with E-state index >= 15 is 0 Å². The maximum atomic E-state index is 10.8. The van der Waals surface area contributed by atoms with E-state index in [0.29, 0.717) is 18.6 Å². The molecule has 1 heterocycles. The fourth-order valence-electron chi connectivity index (χ4n) is 3.07. The molecule has 0 bridgehead atoms. The zero-order chi connectivity index (χ0) is 19.6. The van der Waals surface area contributed by atoms with Crippen molar-refractivity contribution in [3.63, 3.8) is 0 Å². The molecule has 0 atom stereocenters. The normalized spacial score (nSPS) is 15.9. The fourth-order valence-corrected chi connectivity index (χ4v) is 3.38. The summed E-state index contributed by atoms with van der Waals surface area (Å²) in [5.74, 6) is 1.84. The molecule has 1 aromatic carbocycles. The highest BCUT2D eigenvalue weighted by molar-refractivity contribution is 14.0. The molecule has 1 fully saturated rings. The van der Waals surface area contributed by atoms with E-state index in [1.807, 2.05) is 0 Å². The van der Waals surface area contributed by atoms with E-state index in [1.54, 1.807) is 23.9 Å². The summed E-state index contributed by atoms with van der Waals surface area (Å²) in [6.45, 7) is 8.06. The SMILES string of the molecule is CSCCNC(=NCc1ccc([N+](=O)[O-])cc1)NC1CCN(C(C)C)CC1.I. The van der Waals surface area contributed by atoms with Gasteiger partial charge in [-0.2, -0.15) is 11.8 Å². The van der Waals surface area contributed by atoms with Crippen LogP contribution in [-0.2, 0) is 6.54 Å². The molecule has 0 saturated carbocycles. The number of nitrogens with zero attached hydrogens (tertiary/aromatic N) is 3. The summed E-state index contributed by atoms with van der Waals surface area (Å²) >= 11 is 1.80. The minimum atomic E-state index is -0.381. The van der Waals surface area contributed by atoms with Crippen LogP contribution < -0.4 is 10.6 Å². The summed E-state index contributed by atoms with van der Waals surface area (Å²) in [6, 6.07) is 7.62. The lowest BCUT2D eigenvalue weighted by Crippen LogP contribution is -2.50. The van der Waals surface area contributed by atoms with Gasteiger partial charge in [-0.3, -0.25) is 10.1 Å². The van der Waals surface area contributed by atoms with E-state index in [4.69, 9.17) is 4.99 Å². The van der Waals surface area contributed by atoms with Crippen LogP contribution in [0, 0.1) is 10.1 Å². The molecule has 2 rings (SSSR count). The molecular weight excluding hydrogens is 489 g/mol. The van der Waals surface area contributed by atoms with Crippen molar-refractivity contribution in [1.29, 1.82) is 0 Å².